The fraction of sp³-hybridized carbons (Fsp3) is 0.368. The summed E-state index contributed by atoms with van der Waals surface area (Å²) in [6.45, 7) is 4.06. The van der Waals surface area contributed by atoms with E-state index >= 15 is 0 Å². The Morgan fingerprint density at radius 2 is 1.52 bits per heavy atom. The smallest absolute Gasteiger partial charge is 0.336 e. The second kappa shape index (κ2) is 9.03. The number of benzene rings is 1. The van der Waals surface area contributed by atoms with Crippen LogP contribution in [0.25, 0.3) is 0 Å². The molecule has 1 aromatic carbocycles. The summed E-state index contributed by atoms with van der Waals surface area (Å²) < 4.78 is 10.3. The highest BCUT2D eigenvalue weighted by Crippen LogP contribution is 2.36. The van der Waals surface area contributed by atoms with Crippen LogP contribution >= 0.6 is 0 Å². The molecule has 0 spiro atoms. The second-order valence-corrected chi connectivity index (χ2v) is 5.41. The van der Waals surface area contributed by atoms with Crippen LogP contribution in [0.5, 0.6) is 0 Å². The highest BCUT2D eigenvalue weighted by atomic mass is 16.5. The molecule has 0 fully saturated rings. The van der Waals surface area contributed by atoms with Crippen LogP contribution in [0.2, 0.25) is 0 Å². The predicted molar refractivity (Wildman–Crippen MR) is 92.4 cm³/mol. The number of nitrogens with zero attached hydrogens (tertiary/aromatic N) is 1. The van der Waals surface area contributed by atoms with Crippen LogP contribution in [0.1, 0.15) is 25.3 Å². The van der Waals surface area contributed by atoms with Gasteiger partial charge in [-0.1, -0.05) is 30.3 Å². The maximum atomic E-state index is 12.5. The highest BCUT2D eigenvalue weighted by molar-refractivity contribution is 5.98. The Hall–Kier alpha value is -2.60. The van der Waals surface area contributed by atoms with Crippen LogP contribution in [-0.2, 0) is 19.1 Å². The SMILES string of the molecule is CCOC(=O)C1=CN(CCO)C=C(C(=O)OCC)C1c1ccccc1. The maximum absolute atomic E-state index is 12.5. The van der Waals surface area contributed by atoms with E-state index in [1.54, 1.807) is 31.1 Å². The molecular formula is C19H23NO5. The summed E-state index contributed by atoms with van der Waals surface area (Å²) in [5.74, 6) is -1.56. The van der Waals surface area contributed by atoms with Gasteiger partial charge in [-0.25, -0.2) is 9.59 Å². The van der Waals surface area contributed by atoms with Crippen molar-refractivity contribution >= 4 is 11.9 Å². The van der Waals surface area contributed by atoms with Crippen molar-refractivity contribution < 1.29 is 24.2 Å². The predicted octanol–water partition coefficient (Wildman–Crippen LogP) is 1.97. The first-order valence-corrected chi connectivity index (χ1v) is 8.31. The van der Waals surface area contributed by atoms with Crippen molar-refractivity contribution in [2.45, 2.75) is 19.8 Å². The van der Waals surface area contributed by atoms with Crippen molar-refractivity contribution in [2.24, 2.45) is 0 Å². The quantitative estimate of drug-likeness (QED) is 0.762. The molecule has 0 aliphatic carbocycles. The summed E-state index contributed by atoms with van der Waals surface area (Å²) in [6.07, 6.45) is 3.24. The van der Waals surface area contributed by atoms with Crippen molar-refractivity contribution in [2.75, 3.05) is 26.4 Å². The maximum Gasteiger partial charge on any atom is 0.336 e. The number of carbonyl (C=O) groups is 2. The molecule has 1 aromatic rings. The van der Waals surface area contributed by atoms with Crippen LogP contribution in [0.15, 0.2) is 53.9 Å². The Balaban J connectivity index is 2.52. The van der Waals surface area contributed by atoms with E-state index in [-0.39, 0.29) is 26.4 Å². The van der Waals surface area contributed by atoms with Gasteiger partial charge in [0.15, 0.2) is 0 Å². The number of ether oxygens (including phenoxy) is 2. The normalized spacial score (nSPS) is 14.6. The van der Waals surface area contributed by atoms with Gasteiger partial charge in [0.1, 0.15) is 0 Å². The van der Waals surface area contributed by atoms with Crippen molar-refractivity contribution in [3.8, 4) is 0 Å². The minimum atomic E-state index is -0.575. The number of carbonyl (C=O) groups excluding carboxylic acids is 2. The monoisotopic (exact) mass is 345 g/mol. The molecule has 1 N–H and O–H groups in total. The van der Waals surface area contributed by atoms with Gasteiger partial charge in [0, 0.05) is 18.9 Å². The van der Waals surface area contributed by atoms with Gasteiger partial charge in [-0.15, -0.1) is 0 Å². The van der Waals surface area contributed by atoms with Gasteiger partial charge in [-0.2, -0.15) is 0 Å². The standard InChI is InChI=1S/C19H23NO5/c1-3-24-18(22)15-12-20(10-11-21)13-16(19(23)25-4-2)17(15)14-8-6-5-7-9-14/h5-9,12-13,17,21H,3-4,10-11H2,1-2H3. The molecule has 25 heavy (non-hydrogen) atoms. The zero-order valence-electron chi connectivity index (χ0n) is 14.5. The number of rotatable bonds is 7. The summed E-state index contributed by atoms with van der Waals surface area (Å²) in [6, 6.07) is 9.27. The fourth-order valence-electron chi connectivity index (χ4n) is 2.73. The van der Waals surface area contributed by atoms with Crippen LogP contribution in [-0.4, -0.2) is 48.3 Å². The van der Waals surface area contributed by atoms with Crippen molar-refractivity contribution in [1.29, 1.82) is 0 Å². The Morgan fingerprint density at radius 3 is 1.96 bits per heavy atom. The molecule has 0 amide bonds. The number of hydrogen-bond acceptors (Lipinski definition) is 6. The van der Waals surface area contributed by atoms with E-state index < -0.39 is 17.9 Å². The molecule has 1 aliphatic rings. The Kier molecular flexibility index (Phi) is 6.77. The fourth-order valence-corrected chi connectivity index (χ4v) is 2.73. The van der Waals surface area contributed by atoms with Gasteiger partial charge in [-0.05, 0) is 19.4 Å². The van der Waals surface area contributed by atoms with Crippen molar-refractivity contribution in [3.63, 3.8) is 0 Å². The van der Waals surface area contributed by atoms with Gasteiger partial charge >= 0.3 is 11.9 Å². The van der Waals surface area contributed by atoms with E-state index in [1.807, 2.05) is 30.3 Å². The molecule has 6 nitrogen and oxygen atoms in total. The molecule has 134 valence electrons. The molecule has 0 saturated carbocycles. The van der Waals surface area contributed by atoms with Gasteiger partial charge in [0.05, 0.1) is 36.9 Å². The van der Waals surface area contributed by atoms with E-state index in [0.29, 0.717) is 11.1 Å². The topological polar surface area (TPSA) is 76.1 Å². The van der Waals surface area contributed by atoms with E-state index in [9.17, 15) is 14.7 Å². The largest absolute Gasteiger partial charge is 0.463 e. The van der Waals surface area contributed by atoms with E-state index in [4.69, 9.17) is 9.47 Å². The average Bonchev–Trinajstić information content (AvgIpc) is 2.62. The van der Waals surface area contributed by atoms with Crippen molar-refractivity contribution in [1.82, 2.24) is 4.90 Å². The molecule has 0 unspecified atom stereocenters. The third-order valence-electron chi connectivity index (χ3n) is 3.75. The first-order valence-electron chi connectivity index (χ1n) is 8.31. The summed E-state index contributed by atoms with van der Waals surface area (Å²) in [5, 5.41) is 9.23. The zero-order chi connectivity index (χ0) is 18.2. The van der Waals surface area contributed by atoms with Crippen molar-refractivity contribution in [3.05, 3.63) is 59.4 Å². The lowest BCUT2D eigenvalue weighted by Crippen LogP contribution is -2.30. The molecule has 0 radical (unpaired) electrons. The van der Waals surface area contributed by atoms with Gasteiger partial charge in [0.2, 0.25) is 0 Å². The van der Waals surface area contributed by atoms with Gasteiger partial charge < -0.3 is 19.5 Å². The van der Waals surface area contributed by atoms with E-state index in [0.717, 1.165) is 5.56 Å². The first kappa shape index (κ1) is 18.7. The molecule has 0 aromatic heterocycles. The Morgan fingerprint density at radius 1 is 1.00 bits per heavy atom. The number of β-amino-alcohol motifs (C(OH)–C–C–N with tert-alkyl or cyclic N) is 1. The molecule has 6 heteroatoms. The van der Waals surface area contributed by atoms with Crippen LogP contribution in [0.3, 0.4) is 0 Å². The number of aliphatic hydroxyl groups is 1. The molecule has 0 saturated heterocycles. The van der Waals surface area contributed by atoms with E-state index in [2.05, 4.69) is 0 Å². The summed E-state index contributed by atoms with van der Waals surface area (Å²) in [7, 11) is 0. The minimum absolute atomic E-state index is 0.116. The molecule has 0 atom stereocenters. The van der Waals surface area contributed by atoms with Crippen LogP contribution < -0.4 is 0 Å². The Labute approximate surface area is 147 Å². The first-order chi connectivity index (χ1) is 12.1. The lowest BCUT2D eigenvalue weighted by Gasteiger charge is -2.30. The van der Waals surface area contributed by atoms with E-state index in [1.165, 1.54) is 0 Å². The summed E-state index contributed by atoms with van der Waals surface area (Å²) in [4.78, 5) is 26.6. The van der Waals surface area contributed by atoms with Crippen LogP contribution in [0.4, 0.5) is 0 Å². The second-order valence-electron chi connectivity index (χ2n) is 5.41. The third kappa shape index (κ3) is 4.48. The van der Waals surface area contributed by atoms with Gasteiger partial charge in [-0.3, -0.25) is 0 Å². The molecule has 1 heterocycles. The molecule has 0 bridgehead atoms. The summed E-state index contributed by atoms with van der Waals surface area (Å²) in [5.41, 5.74) is 1.48. The molecule has 1 aliphatic heterocycles. The molecular weight excluding hydrogens is 322 g/mol. The molecule has 2 rings (SSSR count). The Bertz CT molecular complexity index is 630. The number of aliphatic hydroxyl groups excluding tert-OH is 1. The number of esters is 2. The average molecular weight is 345 g/mol. The highest BCUT2D eigenvalue weighted by Gasteiger charge is 2.35. The third-order valence-corrected chi connectivity index (χ3v) is 3.75. The zero-order valence-corrected chi connectivity index (χ0v) is 14.5. The number of hydrogen-bond donors (Lipinski definition) is 1. The lowest BCUT2D eigenvalue weighted by molar-refractivity contribution is -0.139. The van der Waals surface area contributed by atoms with Gasteiger partial charge in [0.25, 0.3) is 0 Å². The minimum Gasteiger partial charge on any atom is -0.463 e. The van der Waals surface area contributed by atoms with Crippen LogP contribution in [0, 0.1) is 0 Å². The summed E-state index contributed by atoms with van der Waals surface area (Å²) >= 11 is 0. The lowest BCUT2D eigenvalue weighted by atomic mass is 9.83.